The zero-order chi connectivity index (χ0) is 11.9. The first-order valence-electron chi connectivity index (χ1n) is 3.56. The minimum Gasteiger partial charge on any atom is -0.166 e. The molecular weight excluding hydrogens is 295 g/mol. The smallest absolute Gasteiger partial charge is 0.166 e. The van der Waals surface area contributed by atoms with Crippen molar-refractivity contribution >= 4 is 46.4 Å². The molecule has 0 aliphatic carbocycles. The van der Waals surface area contributed by atoms with Gasteiger partial charge in [-0.3, -0.25) is 0 Å². The monoisotopic (exact) mass is 296 g/mol. The first-order chi connectivity index (χ1) is 6.62. The number of rotatable bonds is 0. The van der Waals surface area contributed by atoms with Crippen molar-refractivity contribution in [2.75, 3.05) is 0 Å². The molecule has 0 saturated heterocycles. The van der Waals surface area contributed by atoms with Gasteiger partial charge in [0.1, 0.15) is 0 Å². The summed E-state index contributed by atoms with van der Waals surface area (Å²) in [6, 6.07) is 2.58. The second-order valence-corrected chi connectivity index (χ2v) is 5.38. The van der Waals surface area contributed by atoms with E-state index in [-0.39, 0.29) is 10.6 Å². The molecule has 0 bridgehead atoms. The highest BCUT2D eigenvalue weighted by molar-refractivity contribution is 6.67. The van der Waals surface area contributed by atoms with Crippen LogP contribution in [0.1, 0.15) is 11.1 Å². The summed E-state index contributed by atoms with van der Waals surface area (Å²) in [5, 5.41) is -0.0250. The van der Waals surface area contributed by atoms with Crippen LogP contribution in [-0.4, -0.2) is 0 Å². The van der Waals surface area contributed by atoms with Gasteiger partial charge >= 0.3 is 6.18 Å². The second kappa shape index (κ2) is 4.21. The summed E-state index contributed by atoms with van der Waals surface area (Å²) in [5.74, 6) is 0. The summed E-state index contributed by atoms with van der Waals surface area (Å²) in [5.41, 5.74) is -1.10. The molecule has 0 N–H and O–H groups in total. The lowest BCUT2D eigenvalue weighted by Gasteiger charge is -2.15. The Morgan fingerprint density at radius 1 is 1.00 bits per heavy atom. The molecule has 84 valence electrons. The van der Waals surface area contributed by atoms with Gasteiger partial charge in [0.25, 0.3) is 0 Å². The average molecular weight is 298 g/mol. The molecule has 0 spiro atoms. The van der Waals surface area contributed by atoms with Crippen molar-refractivity contribution in [1.82, 2.24) is 0 Å². The van der Waals surface area contributed by atoms with Crippen molar-refractivity contribution in [3.63, 3.8) is 0 Å². The van der Waals surface area contributed by atoms with Gasteiger partial charge in [-0.15, -0.1) is 0 Å². The lowest BCUT2D eigenvalue weighted by molar-refractivity contribution is -0.137. The summed E-state index contributed by atoms with van der Waals surface area (Å²) < 4.78 is 35.0. The molecule has 0 unspecified atom stereocenters. The molecule has 0 aliphatic rings. The summed E-state index contributed by atoms with van der Waals surface area (Å²) in [6.45, 7) is 0. The molecule has 1 aromatic rings. The minimum absolute atomic E-state index is 0.0250. The molecule has 1 aromatic carbocycles. The van der Waals surface area contributed by atoms with Crippen molar-refractivity contribution in [2.24, 2.45) is 0 Å². The minimum atomic E-state index is -4.49. The Hall–Kier alpha value is 0.170. The largest absolute Gasteiger partial charge is 0.416 e. The van der Waals surface area contributed by atoms with Gasteiger partial charge < -0.3 is 0 Å². The van der Waals surface area contributed by atoms with Crippen molar-refractivity contribution in [2.45, 2.75) is 9.97 Å². The van der Waals surface area contributed by atoms with Crippen LogP contribution < -0.4 is 0 Å². The predicted molar refractivity (Wildman–Crippen MR) is 55.7 cm³/mol. The molecule has 0 heterocycles. The van der Waals surface area contributed by atoms with Crippen LogP contribution in [0.2, 0.25) is 5.02 Å². The van der Waals surface area contributed by atoms with Gasteiger partial charge in [0, 0.05) is 10.6 Å². The summed E-state index contributed by atoms with van der Waals surface area (Å²) in [7, 11) is 0. The van der Waals surface area contributed by atoms with Gasteiger partial charge in [0.15, 0.2) is 0 Å². The topological polar surface area (TPSA) is 0 Å². The van der Waals surface area contributed by atoms with Crippen molar-refractivity contribution in [3.05, 3.63) is 34.3 Å². The van der Waals surface area contributed by atoms with Crippen LogP contribution in [0.5, 0.6) is 0 Å². The predicted octanol–water partition coefficient (Wildman–Crippen LogP) is 5.19. The van der Waals surface area contributed by atoms with Crippen LogP contribution in [0.3, 0.4) is 0 Å². The van der Waals surface area contributed by atoms with E-state index in [1.807, 2.05) is 0 Å². The van der Waals surface area contributed by atoms with E-state index in [1.165, 1.54) is 0 Å². The van der Waals surface area contributed by atoms with E-state index in [4.69, 9.17) is 46.4 Å². The molecule has 15 heavy (non-hydrogen) atoms. The van der Waals surface area contributed by atoms with Gasteiger partial charge in [-0.2, -0.15) is 13.2 Å². The van der Waals surface area contributed by atoms with Crippen LogP contribution in [0.25, 0.3) is 0 Å². The lowest BCUT2D eigenvalue weighted by Crippen LogP contribution is -2.08. The third-order valence-electron chi connectivity index (χ3n) is 1.60. The number of halogens is 7. The van der Waals surface area contributed by atoms with Crippen LogP contribution in [-0.2, 0) is 9.97 Å². The highest BCUT2D eigenvalue weighted by Gasteiger charge is 2.34. The Kier molecular flexibility index (Phi) is 3.71. The maximum atomic E-state index is 12.3. The molecule has 7 heteroatoms. The third-order valence-corrected chi connectivity index (χ3v) is 2.54. The fourth-order valence-electron chi connectivity index (χ4n) is 0.919. The van der Waals surface area contributed by atoms with E-state index in [9.17, 15) is 13.2 Å². The summed E-state index contributed by atoms with van der Waals surface area (Å²) in [6.07, 6.45) is -4.49. The SMILES string of the molecule is FC(F)(F)c1ccc(Cl)c(C(Cl)(Cl)Cl)c1. The normalized spacial score (nSPS) is 13.0. The van der Waals surface area contributed by atoms with E-state index in [2.05, 4.69) is 0 Å². The quantitative estimate of drug-likeness (QED) is 0.578. The highest BCUT2D eigenvalue weighted by atomic mass is 35.6. The van der Waals surface area contributed by atoms with E-state index in [0.29, 0.717) is 0 Å². The molecule has 0 amide bonds. The van der Waals surface area contributed by atoms with Crippen LogP contribution in [0.15, 0.2) is 18.2 Å². The molecule has 0 fully saturated rings. The van der Waals surface area contributed by atoms with Gasteiger partial charge in [-0.05, 0) is 18.2 Å². The molecule has 0 atom stereocenters. The summed E-state index contributed by atoms with van der Waals surface area (Å²) in [4.78, 5) is 0. The molecule has 0 nitrogen and oxygen atoms in total. The molecule has 0 saturated carbocycles. The maximum absolute atomic E-state index is 12.3. The summed E-state index contributed by atoms with van der Waals surface area (Å²) >= 11 is 22.0. The zero-order valence-electron chi connectivity index (χ0n) is 6.88. The standard InChI is InChI=1S/C8H3Cl4F3/c9-6-2-1-4(8(13,14)15)3-5(6)7(10,11)12/h1-3H. The Morgan fingerprint density at radius 3 is 1.93 bits per heavy atom. The lowest BCUT2D eigenvalue weighted by atomic mass is 10.1. The maximum Gasteiger partial charge on any atom is 0.416 e. The van der Waals surface area contributed by atoms with Crippen molar-refractivity contribution in [1.29, 1.82) is 0 Å². The van der Waals surface area contributed by atoms with E-state index in [1.54, 1.807) is 0 Å². The number of hydrogen-bond acceptors (Lipinski definition) is 0. The Morgan fingerprint density at radius 2 is 1.53 bits per heavy atom. The van der Waals surface area contributed by atoms with Crippen LogP contribution in [0.4, 0.5) is 13.2 Å². The highest BCUT2D eigenvalue weighted by Crippen LogP contribution is 2.43. The van der Waals surface area contributed by atoms with Gasteiger partial charge in [0.2, 0.25) is 3.79 Å². The second-order valence-electron chi connectivity index (χ2n) is 2.69. The molecule has 0 aliphatic heterocycles. The molecule has 1 rings (SSSR count). The van der Waals surface area contributed by atoms with E-state index >= 15 is 0 Å². The number of alkyl halides is 6. The van der Waals surface area contributed by atoms with Crippen LogP contribution in [0, 0.1) is 0 Å². The Balaban J connectivity index is 3.30. The van der Waals surface area contributed by atoms with E-state index in [0.717, 1.165) is 18.2 Å². The van der Waals surface area contributed by atoms with Gasteiger partial charge in [-0.25, -0.2) is 0 Å². The van der Waals surface area contributed by atoms with Gasteiger partial charge in [0.05, 0.1) is 5.56 Å². The van der Waals surface area contributed by atoms with Crippen molar-refractivity contribution in [3.8, 4) is 0 Å². The number of hydrogen-bond donors (Lipinski definition) is 0. The van der Waals surface area contributed by atoms with Crippen molar-refractivity contribution < 1.29 is 13.2 Å². The first-order valence-corrected chi connectivity index (χ1v) is 5.07. The number of benzene rings is 1. The molecule has 0 radical (unpaired) electrons. The Labute approximate surface area is 104 Å². The zero-order valence-corrected chi connectivity index (χ0v) is 9.90. The van der Waals surface area contributed by atoms with E-state index < -0.39 is 15.5 Å². The fraction of sp³-hybridized carbons (Fsp3) is 0.250. The first kappa shape index (κ1) is 13.2. The Bertz CT molecular complexity index is 367. The molecule has 0 aromatic heterocycles. The fourth-order valence-corrected chi connectivity index (χ4v) is 1.79. The van der Waals surface area contributed by atoms with Crippen LogP contribution >= 0.6 is 46.4 Å². The van der Waals surface area contributed by atoms with Gasteiger partial charge in [-0.1, -0.05) is 46.4 Å². The third kappa shape index (κ3) is 3.31. The average Bonchev–Trinajstić information content (AvgIpc) is 2.00. The molecular formula is C8H3Cl4F3.